The van der Waals surface area contributed by atoms with Gasteiger partial charge in [0.2, 0.25) is 6.33 Å². The summed E-state index contributed by atoms with van der Waals surface area (Å²) in [5.74, 6) is 0. The number of hydrogen-bond acceptors (Lipinski definition) is 1. The molecule has 25 heavy (non-hydrogen) atoms. The van der Waals surface area contributed by atoms with Gasteiger partial charge in [0.15, 0.2) is 0 Å². The van der Waals surface area contributed by atoms with Crippen molar-refractivity contribution in [1.82, 2.24) is 4.57 Å². The number of halogens is 1. The van der Waals surface area contributed by atoms with Gasteiger partial charge in [0.25, 0.3) is 0 Å². The molecule has 0 amide bonds. The fourth-order valence-electron chi connectivity index (χ4n) is 3.16. The molecule has 2 rings (SSSR count). The molecule has 1 aromatic heterocycles. The first-order valence-corrected chi connectivity index (χ1v) is 8.80. The van der Waals surface area contributed by atoms with Crippen LogP contribution in [-0.4, -0.2) is 16.3 Å². The molecule has 0 unspecified atom stereocenters. The molecule has 0 atom stereocenters. The highest BCUT2D eigenvalue weighted by molar-refractivity contribution is 5.88. The van der Waals surface area contributed by atoms with Crippen LogP contribution in [0.5, 0.6) is 0 Å². The maximum atomic E-state index is 4.86. The van der Waals surface area contributed by atoms with Crippen LogP contribution in [-0.2, 0) is 6.54 Å². The van der Waals surface area contributed by atoms with Crippen molar-refractivity contribution in [2.75, 3.05) is 0 Å². The Morgan fingerprint density at radius 3 is 2.16 bits per heavy atom. The summed E-state index contributed by atoms with van der Waals surface area (Å²) in [6.07, 6.45) is 6.45. The van der Waals surface area contributed by atoms with E-state index < -0.39 is 0 Å². The first-order valence-electron chi connectivity index (χ1n) is 8.80. The second-order valence-electron chi connectivity index (χ2n) is 8.16. The Bertz CT molecular complexity index is 726. The normalized spacial score (nSPS) is 12.4. The number of nitrogens with zero attached hydrogens (tertiary/aromatic N) is 3. The molecule has 2 aromatic rings. The molecular formula is C21H32BrN3. The van der Waals surface area contributed by atoms with E-state index in [4.69, 9.17) is 4.99 Å². The van der Waals surface area contributed by atoms with Gasteiger partial charge in [0, 0.05) is 11.5 Å². The van der Waals surface area contributed by atoms with Crippen LogP contribution in [0.4, 0.5) is 0 Å². The lowest BCUT2D eigenvalue weighted by Crippen LogP contribution is -3.00. The van der Waals surface area contributed by atoms with Gasteiger partial charge in [-0.25, -0.2) is 9.13 Å². The van der Waals surface area contributed by atoms with E-state index in [1.54, 1.807) is 0 Å². The van der Waals surface area contributed by atoms with E-state index in [-0.39, 0.29) is 22.4 Å². The zero-order valence-corrected chi connectivity index (χ0v) is 18.5. The van der Waals surface area contributed by atoms with Gasteiger partial charge in [0.05, 0.1) is 5.71 Å². The minimum atomic E-state index is 0. The lowest BCUT2D eigenvalue weighted by molar-refractivity contribution is -0.681. The molecule has 4 heteroatoms. The first-order chi connectivity index (χ1) is 11.1. The number of benzene rings is 1. The lowest BCUT2D eigenvalue weighted by Gasteiger charge is -2.21. The van der Waals surface area contributed by atoms with Crippen LogP contribution in [0.15, 0.2) is 35.8 Å². The van der Waals surface area contributed by atoms with Crippen LogP contribution < -0.4 is 21.5 Å². The van der Waals surface area contributed by atoms with Gasteiger partial charge in [-0.1, -0.05) is 38.5 Å². The molecule has 0 bridgehead atoms. The Hall–Kier alpha value is -1.42. The third-order valence-electron chi connectivity index (χ3n) is 4.20. The molecule has 0 spiro atoms. The Kier molecular flexibility index (Phi) is 7.18. The molecular weight excluding hydrogens is 374 g/mol. The van der Waals surface area contributed by atoms with Crippen molar-refractivity contribution < 1.29 is 21.5 Å². The number of aryl methyl sites for hydroxylation is 3. The number of aromatic nitrogens is 2. The van der Waals surface area contributed by atoms with Crippen molar-refractivity contribution in [3.63, 3.8) is 0 Å². The van der Waals surface area contributed by atoms with E-state index in [9.17, 15) is 0 Å². The minimum Gasteiger partial charge on any atom is -1.00 e. The monoisotopic (exact) mass is 405 g/mol. The second kappa shape index (κ2) is 8.31. The van der Waals surface area contributed by atoms with Gasteiger partial charge in [-0.3, -0.25) is 4.99 Å². The summed E-state index contributed by atoms with van der Waals surface area (Å²) < 4.78 is 4.45. The third-order valence-corrected chi connectivity index (χ3v) is 4.20. The molecule has 0 radical (unpaired) electrons. The molecule has 0 saturated heterocycles. The summed E-state index contributed by atoms with van der Waals surface area (Å²) in [4.78, 5) is 4.86. The number of hydrogen-bond donors (Lipinski definition) is 0. The van der Waals surface area contributed by atoms with Crippen LogP contribution in [0.2, 0.25) is 0 Å². The largest absolute Gasteiger partial charge is 1.00 e. The molecule has 0 N–H and O–H groups in total. The van der Waals surface area contributed by atoms with E-state index in [0.29, 0.717) is 6.04 Å². The van der Waals surface area contributed by atoms with E-state index >= 15 is 0 Å². The van der Waals surface area contributed by atoms with Gasteiger partial charge in [0.1, 0.15) is 24.6 Å². The highest BCUT2D eigenvalue weighted by atomic mass is 79.9. The SMILES string of the molecule is Cc1cc(C)c(-n2cc[n+](CC(=NC(C)C)C(C)(C)C)c2)c(C)c1.[Br-]. The standard InChI is InChI=1S/C21H32N3.BrH/c1-15(2)22-19(21(6,7)8)13-23-9-10-24(14-23)20-17(4)11-16(3)12-18(20)5;/h9-12,14-15H,13H2,1-8H3;1H/q+1;/p-1. The van der Waals surface area contributed by atoms with Crippen LogP contribution >= 0.6 is 0 Å². The summed E-state index contributed by atoms with van der Waals surface area (Å²) in [6, 6.07) is 4.81. The minimum absolute atomic E-state index is 0. The lowest BCUT2D eigenvalue weighted by atomic mass is 9.89. The van der Waals surface area contributed by atoms with Crippen molar-refractivity contribution in [2.24, 2.45) is 10.4 Å². The quantitative estimate of drug-likeness (QED) is 0.544. The molecule has 0 aliphatic heterocycles. The van der Waals surface area contributed by atoms with Crippen LogP contribution in [0.25, 0.3) is 5.69 Å². The van der Waals surface area contributed by atoms with Gasteiger partial charge in [-0.05, 0) is 45.7 Å². The second-order valence-corrected chi connectivity index (χ2v) is 8.16. The summed E-state index contributed by atoms with van der Waals surface area (Å²) in [7, 11) is 0. The van der Waals surface area contributed by atoms with Crippen molar-refractivity contribution in [2.45, 2.75) is 68.0 Å². The molecule has 0 fully saturated rings. The van der Waals surface area contributed by atoms with Crippen molar-refractivity contribution in [3.05, 3.63) is 47.5 Å². The smallest absolute Gasteiger partial charge is 0.249 e. The third kappa shape index (κ3) is 5.53. The fourth-order valence-corrected chi connectivity index (χ4v) is 3.16. The van der Waals surface area contributed by atoms with Crippen molar-refractivity contribution in [3.8, 4) is 5.69 Å². The summed E-state index contributed by atoms with van der Waals surface area (Å²) in [5.41, 5.74) is 6.52. The Balaban J connectivity index is 0.00000312. The summed E-state index contributed by atoms with van der Waals surface area (Å²) in [5, 5.41) is 0. The van der Waals surface area contributed by atoms with Gasteiger partial charge in [-0.2, -0.15) is 0 Å². The highest BCUT2D eigenvalue weighted by Crippen LogP contribution is 2.21. The van der Waals surface area contributed by atoms with E-state index in [2.05, 4.69) is 95.4 Å². The number of imidazole rings is 1. The topological polar surface area (TPSA) is 21.2 Å². The highest BCUT2D eigenvalue weighted by Gasteiger charge is 2.22. The van der Waals surface area contributed by atoms with Crippen LogP contribution in [0, 0.1) is 26.2 Å². The number of aliphatic imine (C=N–C) groups is 1. The molecule has 1 aromatic carbocycles. The maximum absolute atomic E-state index is 4.86. The Labute approximate surface area is 163 Å². The van der Waals surface area contributed by atoms with Crippen molar-refractivity contribution >= 4 is 5.71 Å². The van der Waals surface area contributed by atoms with Gasteiger partial charge in [-0.15, -0.1) is 0 Å². The Morgan fingerprint density at radius 2 is 1.68 bits per heavy atom. The van der Waals surface area contributed by atoms with E-state index in [1.807, 2.05) is 0 Å². The average molecular weight is 406 g/mol. The predicted molar refractivity (Wildman–Crippen MR) is 102 cm³/mol. The van der Waals surface area contributed by atoms with Crippen molar-refractivity contribution in [1.29, 1.82) is 0 Å². The van der Waals surface area contributed by atoms with E-state index in [0.717, 1.165) is 6.54 Å². The maximum Gasteiger partial charge on any atom is 0.249 e. The van der Waals surface area contributed by atoms with Gasteiger partial charge < -0.3 is 17.0 Å². The molecule has 138 valence electrons. The van der Waals surface area contributed by atoms with Crippen LogP contribution in [0.1, 0.15) is 51.3 Å². The zero-order chi connectivity index (χ0) is 18.1. The zero-order valence-electron chi connectivity index (χ0n) is 16.9. The number of rotatable bonds is 4. The summed E-state index contributed by atoms with van der Waals surface area (Å²) in [6.45, 7) is 18.3. The average Bonchev–Trinajstić information content (AvgIpc) is 2.83. The molecule has 3 nitrogen and oxygen atoms in total. The molecule has 0 aliphatic carbocycles. The van der Waals surface area contributed by atoms with Gasteiger partial charge >= 0.3 is 0 Å². The molecule has 1 heterocycles. The molecule has 0 aliphatic rings. The van der Waals surface area contributed by atoms with E-state index in [1.165, 1.54) is 28.1 Å². The fraction of sp³-hybridized carbons (Fsp3) is 0.524. The Morgan fingerprint density at radius 1 is 1.12 bits per heavy atom. The molecule has 0 saturated carbocycles. The van der Waals surface area contributed by atoms with Crippen LogP contribution in [0.3, 0.4) is 0 Å². The first kappa shape index (κ1) is 21.6. The summed E-state index contributed by atoms with van der Waals surface area (Å²) >= 11 is 0. The predicted octanol–water partition coefficient (Wildman–Crippen LogP) is 1.59.